The van der Waals surface area contributed by atoms with E-state index in [1.165, 1.54) is 0 Å². The van der Waals surface area contributed by atoms with Crippen molar-refractivity contribution in [1.29, 1.82) is 0 Å². The molecule has 2 amide bonds. The number of ether oxygens (including phenoxy) is 1. The molecule has 1 aliphatic heterocycles. The molecule has 0 saturated heterocycles. The number of nitrogens with one attached hydrogen (secondary N) is 2. The van der Waals surface area contributed by atoms with Crippen LogP contribution in [0.2, 0.25) is 0 Å². The molecule has 3 N–H and O–H groups in total. The molecule has 146 valence electrons. The quantitative estimate of drug-likeness (QED) is 0.592. The lowest BCUT2D eigenvalue weighted by molar-refractivity contribution is -0.138. The molecule has 0 radical (unpaired) electrons. The Balaban J connectivity index is 2.00. The van der Waals surface area contributed by atoms with Crippen LogP contribution in [0, 0.1) is 0 Å². The fourth-order valence-corrected chi connectivity index (χ4v) is 3.63. The number of phenolic OH excluding ortho intramolecular Hbond substituents is 1. The molecule has 0 spiro atoms. The second-order valence-electron chi connectivity index (χ2n) is 6.63. The molecule has 0 bridgehead atoms. The van der Waals surface area contributed by atoms with E-state index in [1.807, 2.05) is 42.5 Å². The van der Waals surface area contributed by atoms with Crippen molar-refractivity contribution in [2.45, 2.75) is 13.0 Å². The maximum absolute atomic E-state index is 13.0. The molecule has 0 aliphatic carbocycles. The fraction of sp³-hybridized carbons (Fsp3) is 0.130. The van der Waals surface area contributed by atoms with Gasteiger partial charge >= 0.3 is 12.0 Å². The van der Waals surface area contributed by atoms with Gasteiger partial charge in [0, 0.05) is 5.56 Å². The summed E-state index contributed by atoms with van der Waals surface area (Å²) in [6, 6.07) is 18.6. The Labute approximate surface area is 167 Å². The van der Waals surface area contributed by atoms with E-state index in [-0.39, 0.29) is 17.9 Å². The lowest BCUT2D eigenvalue weighted by Gasteiger charge is -2.30. The zero-order chi connectivity index (χ0) is 20.4. The number of benzene rings is 3. The summed E-state index contributed by atoms with van der Waals surface area (Å²) in [7, 11) is 0. The first-order valence-electron chi connectivity index (χ1n) is 9.35. The first kappa shape index (κ1) is 18.6. The van der Waals surface area contributed by atoms with Crippen LogP contribution in [0.4, 0.5) is 4.79 Å². The van der Waals surface area contributed by atoms with Gasteiger partial charge in [-0.15, -0.1) is 0 Å². The third-order valence-corrected chi connectivity index (χ3v) is 4.87. The number of rotatable bonds is 4. The van der Waals surface area contributed by atoms with Gasteiger partial charge in [0.1, 0.15) is 5.75 Å². The summed E-state index contributed by atoms with van der Waals surface area (Å²) in [6.45, 7) is 1.91. The highest BCUT2D eigenvalue weighted by Gasteiger charge is 2.36. The third-order valence-electron chi connectivity index (χ3n) is 4.87. The van der Waals surface area contributed by atoms with E-state index >= 15 is 0 Å². The summed E-state index contributed by atoms with van der Waals surface area (Å²) in [6.07, 6.45) is 0. The molecule has 6 nitrogen and oxygen atoms in total. The number of hydrogen-bond acceptors (Lipinski definition) is 4. The van der Waals surface area contributed by atoms with Crippen LogP contribution in [-0.4, -0.2) is 23.7 Å². The van der Waals surface area contributed by atoms with Gasteiger partial charge in [-0.25, -0.2) is 9.59 Å². The number of carbonyl (C=O) groups excluding carboxylic acids is 2. The van der Waals surface area contributed by atoms with E-state index in [9.17, 15) is 14.7 Å². The molecule has 1 heterocycles. The average molecular weight is 388 g/mol. The topological polar surface area (TPSA) is 87.7 Å². The highest BCUT2D eigenvalue weighted by Crippen LogP contribution is 2.39. The van der Waals surface area contributed by atoms with Crippen LogP contribution in [0.3, 0.4) is 0 Å². The minimum atomic E-state index is -0.871. The van der Waals surface area contributed by atoms with E-state index in [0.29, 0.717) is 16.8 Å². The Kier molecular flexibility index (Phi) is 4.91. The predicted molar refractivity (Wildman–Crippen MR) is 110 cm³/mol. The monoisotopic (exact) mass is 388 g/mol. The summed E-state index contributed by atoms with van der Waals surface area (Å²) in [4.78, 5) is 25.5. The van der Waals surface area contributed by atoms with Gasteiger partial charge in [-0.05, 0) is 29.3 Å². The molecule has 29 heavy (non-hydrogen) atoms. The Hall–Kier alpha value is -3.80. The number of urea groups is 1. The zero-order valence-corrected chi connectivity index (χ0v) is 15.8. The number of fused-ring (bicyclic) bond motifs is 1. The lowest BCUT2D eigenvalue weighted by atomic mass is 9.89. The van der Waals surface area contributed by atoms with Crippen LogP contribution < -0.4 is 10.6 Å². The van der Waals surface area contributed by atoms with Gasteiger partial charge < -0.3 is 20.5 Å². The first-order valence-corrected chi connectivity index (χ1v) is 9.35. The molecular weight excluding hydrogens is 368 g/mol. The normalized spacial score (nSPS) is 16.3. The van der Waals surface area contributed by atoms with Crippen LogP contribution in [0.1, 0.15) is 24.1 Å². The highest BCUT2D eigenvalue weighted by molar-refractivity contribution is 6.06. The third kappa shape index (κ3) is 3.40. The van der Waals surface area contributed by atoms with Crippen molar-refractivity contribution in [2.75, 3.05) is 6.61 Å². The van der Waals surface area contributed by atoms with Gasteiger partial charge in [-0.2, -0.15) is 0 Å². The number of amides is 2. The number of hydrogen-bond donors (Lipinski definition) is 3. The minimum Gasteiger partial charge on any atom is -0.508 e. The second kappa shape index (κ2) is 7.67. The molecule has 3 aromatic carbocycles. The average Bonchev–Trinajstić information content (AvgIpc) is 2.74. The SMILES string of the molecule is CCOC(=O)C1=C(c2ccccc2)NC(=O)N[C@H]1c1c(O)ccc2ccccc12. The number of phenols is 1. The van der Waals surface area contributed by atoms with Crippen molar-refractivity contribution in [3.63, 3.8) is 0 Å². The number of aromatic hydroxyl groups is 1. The number of carbonyl (C=O) groups is 2. The molecule has 6 heteroatoms. The van der Waals surface area contributed by atoms with Crippen LogP contribution in [0.5, 0.6) is 5.75 Å². The standard InChI is InChI=1S/C23H20N2O4/c1-2-29-22(27)19-20(15-9-4-3-5-10-15)24-23(28)25-21(19)18-16-11-7-6-8-14(16)12-13-17(18)26/h3-13,21,26H,2H2,1H3,(H2,24,25,28)/t21-/m0/s1. The van der Waals surface area contributed by atoms with E-state index in [1.54, 1.807) is 31.2 Å². The predicted octanol–water partition coefficient (Wildman–Crippen LogP) is 3.87. The van der Waals surface area contributed by atoms with Gasteiger partial charge in [0.15, 0.2) is 0 Å². The molecule has 4 rings (SSSR count). The molecule has 0 fully saturated rings. The molecule has 1 atom stereocenters. The lowest BCUT2D eigenvalue weighted by Crippen LogP contribution is -2.45. The van der Waals surface area contributed by atoms with Gasteiger partial charge in [0.05, 0.1) is 23.9 Å². The van der Waals surface area contributed by atoms with E-state index in [0.717, 1.165) is 10.8 Å². The second-order valence-corrected chi connectivity index (χ2v) is 6.63. The van der Waals surface area contributed by atoms with Crippen LogP contribution in [0.25, 0.3) is 16.5 Å². The van der Waals surface area contributed by atoms with Crippen molar-refractivity contribution in [2.24, 2.45) is 0 Å². The Morgan fingerprint density at radius 2 is 1.76 bits per heavy atom. The molecular formula is C23H20N2O4. The summed E-state index contributed by atoms with van der Waals surface area (Å²) in [5.74, 6) is -0.568. The van der Waals surface area contributed by atoms with Crippen molar-refractivity contribution >= 4 is 28.5 Å². The van der Waals surface area contributed by atoms with E-state index in [2.05, 4.69) is 10.6 Å². The van der Waals surface area contributed by atoms with E-state index < -0.39 is 18.0 Å². The summed E-state index contributed by atoms with van der Waals surface area (Å²) < 4.78 is 5.30. The van der Waals surface area contributed by atoms with Crippen LogP contribution >= 0.6 is 0 Å². The maximum Gasteiger partial charge on any atom is 0.338 e. The smallest absolute Gasteiger partial charge is 0.338 e. The van der Waals surface area contributed by atoms with E-state index in [4.69, 9.17) is 4.74 Å². The summed E-state index contributed by atoms with van der Waals surface area (Å²) in [5, 5.41) is 17.8. The largest absolute Gasteiger partial charge is 0.508 e. The van der Waals surface area contributed by atoms with Crippen molar-refractivity contribution in [3.8, 4) is 5.75 Å². The summed E-state index contributed by atoms with van der Waals surface area (Å²) in [5.41, 5.74) is 1.74. The van der Waals surface area contributed by atoms with Crippen molar-refractivity contribution < 1.29 is 19.4 Å². The summed E-state index contributed by atoms with van der Waals surface area (Å²) >= 11 is 0. The van der Waals surface area contributed by atoms with Crippen LogP contribution in [-0.2, 0) is 9.53 Å². The van der Waals surface area contributed by atoms with Gasteiger partial charge in [-0.3, -0.25) is 0 Å². The Bertz CT molecular complexity index is 1120. The molecule has 1 aliphatic rings. The first-order chi connectivity index (χ1) is 14.1. The zero-order valence-electron chi connectivity index (χ0n) is 15.8. The molecule has 3 aromatic rings. The fourth-order valence-electron chi connectivity index (χ4n) is 3.63. The van der Waals surface area contributed by atoms with Crippen LogP contribution in [0.15, 0.2) is 72.3 Å². The van der Waals surface area contributed by atoms with Gasteiger partial charge in [0.25, 0.3) is 0 Å². The molecule has 0 unspecified atom stereocenters. The minimum absolute atomic E-state index is 0.00916. The maximum atomic E-state index is 13.0. The Morgan fingerprint density at radius 1 is 1.03 bits per heavy atom. The highest BCUT2D eigenvalue weighted by atomic mass is 16.5. The van der Waals surface area contributed by atoms with Gasteiger partial charge in [-0.1, -0.05) is 60.7 Å². The molecule has 0 saturated carbocycles. The van der Waals surface area contributed by atoms with Gasteiger partial charge in [0.2, 0.25) is 0 Å². The molecule has 0 aromatic heterocycles. The van der Waals surface area contributed by atoms with Crippen molar-refractivity contribution in [1.82, 2.24) is 10.6 Å². The van der Waals surface area contributed by atoms with Crippen molar-refractivity contribution in [3.05, 3.63) is 83.4 Å². The number of esters is 1. The Morgan fingerprint density at radius 3 is 2.52 bits per heavy atom.